The smallest absolute Gasteiger partial charge is 0.231 e. The topological polar surface area (TPSA) is 46.2 Å². The lowest BCUT2D eigenvalue weighted by molar-refractivity contribution is -0.117. The van der Waals surface area contributed by atoms with E-state index in [0.29, 0.717) is 12.0 Å². The molecule has 30 heavy (non-hydrogen) atoms. The second-order valence-electron chi connectivity index (χ2n) is 7.43. The molecule has 0 heterocycles. The van der Waals surface area contributed by atoms with E-state index in [2.05, 4.69) is 23.5 Å². The molecule has 1 amide bonds. The molecule has 0 spiro atoms. The van der Waals surface area contributed by atoms with Gasteiger partial charge in [0.2, 0.25) is 5.91 Å². The number of hydrogen-bond acceptors (Lipinski definition) is 2. The zero-order valence-corrected chi connectivity index (χ0v) is 16.8. The summed E-state index contributed by atoms with van der Waals surface area (Å²) in [7, 11) is 0. The van der Waals surface area contributed by atoms with Crippen molar-refractivity contribution < 1.29 is 9.59 Å². The monoisotopic (exact) mass is 393 g/mol. The fourth-order valence-electron chi connectivity index (χ4n) is 3.82. The molecule has 0 bridgehead atoms. The van der Waals surface area contributed by atoms with Crippen LogP contribution in [0.25, 0.3) is 10.8 Å². The second kappa shape index (κ2) is 8.75. The average molecular weight is 393 g/mol. The first kappa shape index (κ1) is 19.6. The first-order chi connectivity index (χ1) is 14.7. The van der Waals surface area contributed by atoms with Crippen molar-refractivity contribution in [2.24, 2.45) is 0 Å². The number of benzene rings is 4. The van der Waals surface area contributed by atoms with Crippen LogP contribution in [0.2, 0.25) is 0 Å². The molecule has 0 aromatic heterocycles. The molecule has 0 fully saturated rings. The van der Waals surface area contributed by atoms with E-state index in [9.17, 15) is 9.59 Å². The summed E-state index contributed by atoms with van der Waals surface area (Å²) < 4.78 is 0. The standard InChI is InChI=1S/C27H23NO2/c1-19(24-15-8-13-20-9-4-6-14-25(20)24)27(30)28-26-16-7-5-11-22(26)17-21-10-2-3-12-23(21)18-29/h2-16,18-19H,17H2,1H3,(H,28,30). The molecule has 4 rings (SSSR count). The molecule has 4 aromatic rings. The minimum atomic E-state index is -0.300. The molecule has 0 aliphatic rings. The summed E-state index contributed by atoms with van der Waals surface area (Å²) in [4.78, 5) is 24.5. The van der Waals surface area contributed by atoms with Crippen LogP contribution in [0.1, 0.15) is 39.9 Å². The molecule has 0 radical (unpaired) electrons. The van der Waals surface area contributed by atoms with Gasteiger partial charge in [0.1, 0.15) is 6.29 Å². The maximum absolute atomic E-state index is 13.1. The fourth-order valence-corrected chi connectivity index (χ4v) is 3.82. The number of nitrogens with one attached hydrogen (secondary N) is 1. The maximum Gasteiger partial charge on any atom is 0.231 e. The molecule has 0 aliphatic heterocycles. The third-order valence-electron chi connectivity index (χ3n) is 5.52. The first-order valence-corrected chi connectivity index (χ1v) is 10.1. The largest absolute Gasteiger partial charge is 0.325 e. The Bertz CT molecular complexity index is 1210. The van der Waals surface area contributed by atoms with Crippen molar-refractivity contribution in [3.63, 3.8) is 0 Å². The van der Waals surface area contributed by atoms with Crippen molar-refractivity contribution in [3.8, 4) is 0 Å². The number of carbonyl (C=O) groups excluding carboxylic acids is 2. The lowest BCUT2D eigenvalue weighted by Gasteiger charge is -2.17. The predicted octanol–water partition coefficient (Wildman–Crippen LogP) is 5.99. The van der Waals surface area contributed by atoms with Crippen molar-refractivity contribution in [1.29, 1.82) is 0 Å². The van der Waals surface area contributed by atoms with Crippen LogP contribution in [-0.2, 0) is 11.2 Å². The Kier molecular flexibility index (Phi) is 5.71. The third-order valence-corrected chi connectivity index (χ3v) is 5.52. The van der Waals surface area contributed by atoms with Gasteiger partial charge in [-0.1, -0.05) is 84.9 Å². The van der Waals surface area contributed by atoms with E-state index < -0.39 is 0 Å². The van der Waals surface area contributed by atoms with Crippen LogP contribution in [-0.4, -0.2) is 12.2 Å². The van der Waals surface area contributed by atoms with Crippen molar-refractivity contribution in [2.45, 2.75) is 19.3 Å². The molecule has 1 atom stereocenters. The Morgan fingerprint density at radius 1 is 0.833 bits per heavy atom. The van der Waals surface area contributed by atoms with Gasteiger partial charge in [-0.3, -0.25) is 9.59 Å². The van der Waals surface area contributed by atoms with Gasteiger partial charge in [-0.15, -0.1) is 0 Å². The predicted molar refractivity (Wildman–Crippen MR) is 122 cm³/mol. The van der Waals surface area contributed by atoms with Gasteiger partial charge in [0.05, 0.1) is 5.92 Å². The highest BCUT2D eigenvalue weighted by atomic mass is 16.1. The molecule has 4 aromatic carbocycles. The number of carbonyl (C=O) groups is 2. The summed E-state index contributed by atoms with van der Waals surface area (Å²) in [6, 6.07) is 29.5. The molecule has 0 saturated heterocycles. The highest BCUT2D eigenvalue weighted by Gasteiger charge is 2.19. The van der Waals surface area contributed by atoms with Crippen LogP contribution in [0, 0.1) is 0 Å². The Balaban J connectivity index is 1.60. The lowest BCUT2D eigenvalue weighted by atomic mass is 9.93. The average Bonchev–Trinajstić information content (AvgIpc) is 2.79. The van der Waals surface area contributed by atoms with E-state index in [-0.39, 0.29) is 11.8 Å². The third kappa shape index (κ3) is 4.01. The maximum atomic E-state index is 13.1. The van der Waals surface area contributed by atoms with Crippen LogP contribution in [0.4, 0.5) is 5.69 Å². The van der Waals surface area contributed by atoms with E-state index in [0.717, 1.165) is 39.4 Å². The van der Waals surface area contributed by atoms with Crippen LogP contribution in [0.3, 0.4) is 0 Å². The Morgan fingerprint density at radius 3 is 2.33 bits per heavy atom. The van der Waals surface area contributed by atoms with Crippen molar-refractivity contribution >= 4 is 28.7 Å². The summed E-state index contributed by atoms with van der Waals surface area (Å²) in [6.07, 6.45) is 1.45. The molecular formula is C27H23NO2. The summed E-state index contributed by atoms with van der Waals surface area (Å²) in [6.45, 7) is 1.93. The molecule has 0 saturated carbocycles. The van der Waals surface area contributed by atoms with Gasteiger partial charge in [-0.05, 0) is 40.5 Å². The number of amides is 1. The zero-order chi connectivity index (χ0) is 20.9. The summed E-state index contributed by atoms with van der Waals surface area (Å²) in [5.74, 6) is -0.353. The van der Waals surface area contributed by atoms with Crippen LogP contribution >= 0.6 is 0 Å². The summed E-state index contributed by atoms with van der Waals surface area (Å²) in [5, 5.41) is 5.32. The number of para-hydroxylation sites is 1. The van der Waals surface area contributed by atoms with Crippen LogP contribution in [0.5, 0.6) is 0 Å². The number of fused-ring (bicyclic) bond motifs is 1. The van der Waals surface area contributed by atoms with Gasteiger partial charge in [0.15, 0.2) is 0 Å². The van der Waals surface area contributed by atoms with E-state index >= 15 is 0 Å². The molecular weight excluding hydrogens is 370 g/mol. The van der Waals surface area contributed by atoms with E-state index in [1.807, 2.05) is 79.7 Å². The molecule has 0 aliphatic carbocycles. The number of rotatable bonds is 6. The fraction of sp³-hybridized carbons (Fsp3) is 0.111. The van der Waals surface area contributed by atoms with Crippen molar-refractivity contribution in [3.05, 3.63) is 113 Å². The zero-order valence-electron chi connectivity index (χ0n) is 16.8. The van der Waals surface area contributed by atoms with Crippen molar-refractivity contribution in [1.82, 2.24) is 0 Å². The molecule has 3 heteroatoms. The van der Waals surface area contributed by atoms with Gasteiger partial charge >= 0.3 is 0 Å². The van der Waals surface area contributed by atoms with Gasteiger partial charge in [-0.25, -0.2) is 0 Å². The first-order valence-electron chi connectivity index (χ1n) is 10.1. The van der Waals surface area contributed by atoms with Crippen molar-refractivity contribution in [2.75, 3.05) is 5.32 Å². The number of hydrogen-bond donors (Lipinski definition) is 1. The van der Waals surface area contributed by atoms with Gasteiger partial charge < -0.3 is 5.32 Å². The number of anilines is 1. The molecule has 3 nitrogen and oxygen atoms in total. The highest BCUT2D eigenvalue weighted by Crippen LogP contribution is 2.28. The van der Waals surface area contributed by atoms with E-state index in [1.165, 1.54) is 0 Å². The summed E-state index contributed by atoms with van der Waals surface area (Å²) in [5.41, 5.74) is 4.37. The SMILES string of the molecule is CC(C(=O)Nc1ccccc1Cc1ccccc1C=O)c1cccc2ccccc12. The Labute approximate surface area is 176 Å². The normalized spacial score (nSPS) is 11.8. The van der Waals surface area contributed by atoms with Crippen LogP contribution in [0.15, 0.2) is 91.0 Å². The Hall–Kier alpha value is -3.72. The summed E-state index contributed by atoms with van der Waals surface area (Å²) >= 11 is 0. The molecule has 148 valence electrons. The lowest BCUT2D eigenvalue weighted by Crippen LogP contribution is -2.20. The number of aldehydes is 1. The highest BCUT2D eigenvalue weighted by molar-refractivity contribution is 5.99. The molecule has 1 unspecified atom stereocenters. The van der Waals surface area contributed by atoms with E-state index in [4.69, 9.17) is 0 Å². The molecule has 1 N–H and O–H groups in total. The van der Waals surface area contributed by atoms with E-state index in [1.54, 1.807) is 0 Å². The van der Waals surface area contributed by atoms with Gasteiger partial charge in [0.25, 0.3) is 0 Å². The van der Waals surface area contributed by atoms with Crippen LogP contribution < -0.4 is 5.32 Å². The minimum absolute atomic E-state index is 0.0533. The quantitative estimate of drug-likeness (QED) is 0.409. The minimum Gasteiger partial charge on any atom is -0.325 e. The van der Waals surface area contributed by atoms with Gasteiger partial charge in [-0.2, -0.15) is 0 Å². The van der Waals surface area contributed by atoms with Gasteiger partial charge in [0, 0.05) is 17.7 Å². The Morgan fingerprint density at radius 2 is 1.50 bits per heavy atom. The second-order valence-corrected chi connectivity index (χ2v) is 7.43.